The monoisotopic (exact) mass is 476 g/mol. The molecule has 4 aromatic carbocycles. The molecule has 1 aliphatic rings. The number of benzene rings is 4. The summed E-state index contributed by atoms with van der Waals surface area (Å²) >= 11 is 0. The van der Waals surface area contributed by atoms with Crippen LogP contribution in [0.15, 0.2) is 115 Å². The fourth-order valence-electron chi connectivity index (χ4n) is 4.59. The molecule has 0 aliphatic carbocycles. The first-order valence-electron chi connectivity index (χ1n) is 12.2. The molecule has 180 valence electrons. The van der Waals surface area contributed by atoms with Crippen LogP contribution in [0.4, 0.5) is 5.69 Å². The molecule has 5 nitrogen and oxygen atoms in total. The van der Waals surface area contributed by atoms with Crippen LogP contribution in [0, 0.1) is 0 Å². The van der Waals surface area contributed by atoms with Crippen molar-refractivity contribution in [3.05, 3.63) is 132 Å². The second-order valence-corrected chi connectivity index (χ2v) is 8.80. The molecule has 1 N–H and O–H groups in total. The van der Waals surface area contributed by atoms with Crippen LogP contribution >= 0.6 is 0 Å². The third kappa shape index (κ3) is 5.15. The molecular weight excluding hydrogens is 448 g/mol. The predicted octanol–water partition coefficient (Wildman–Crippen LogP) is 4.97. The Balaban J connectivity index is 1.40. The molecule has 4 aromatic rings. The van der Waals surface area contributed by atoms with Gasteiger partial charge in [-0.25, -0.2) is 0 Å². The van der Waals surface area contributed by atoms with Gasteiger partial charge in [-0.15, -0.1) is 0 Å². The maximum atomic E-state index is 14.2. The van der Waals surface area contributed by atoms with Crippen molar-refractivity contribution >= 4 is 17.5 Å². The van der Waals surface area contributed by atoms with Gasteiger partial charge in [-0.2, -0.15) is 0 Å². The van der Waals surface area contributed by atoms with Crippen molar-refractivity contribution in [2.45, 2.75) is 18.4 Å². The number of fused-ring (bicyclic) bond motifs is 1. The lowest BCUT2D eigenvalue weighted by Gasteiger charge is -2.36. The van der Waals surface area contributed by atoms with Gasteiger partial charge in [0.1, 0.15) is 5.75 Å². The normalized spacial score (nSPS) is 14.6. The SMILES string of the molecule is O=C(NCCc1ccccc1)[C@@H]1CN(C(=O)C(c2ccccc2)c2ccccc2)c2ccccc2O1. The van der Waals surface area contributed by atoms with Crippen LogP contribution in [-0.2, 0) is 16.0 Å². The molecule has 1 atom stereocenters. The van der Waals surface area contributed by atoms with Gasteiger partial charge in [0.2, 0.25) is 5.91 Å². The van der Waals surface area contributed by atoms with E-state index in [0.717, 1.165) is 23.1 Å². The van der Waals surface area contributed by atoms with Gasteiger partial charge < -0.3 is 15.0 Å². The van der Waals surface area contributed by atoms with Gasteiger partial charge in [-0.3, -0.25) is 9.59 Å². The lowest BCUT2D eigenvalue weighted by molar-refractivity contribution is -0.128. The topological polar surface area (TPSA) is 58.6 Å². The van der Waals surface area contributed by atoms with Crippen LogP contribution in [0.3, 0.4) is 0 Å². The molecule has 0 spiro atoms. The lowest BCUT2D eigenvalue weighted by Crippen LogP contribution is -2.52. The summed E-state index contributed by atoms with van der Waals surface area (Å²) in [4.78, 5) is 29.0. The van der Waals surface area contributed by atoms with E-state index >= 15 is 0 Å². The van der Waals surface area contributed by atoms with E-state index in [-0.39, 0.29) is 18.4 Å². The summed E-state index contributed by atoms with van der Waals surface area (Å²) in [5, 5.41) is 2.98. The number of nitrogens with one attached hydrogen (secondary N) is 1. The first kappa shape index (κ1) is 23.4. The molecule has 0 saturated carbocycles. The summed E-state index contributed by atoms with van der Waals surface area (Å²) in [6.07, 6.45) is -0.0744. The molecule has 0 saturated heterocycles. The average Bonchev–Trinajstić information content (AvgIpc) is 2.94. The van der Waals surface area contributed by atoms with Gasteiger partial charge in [0.05, 0.1) is 18.2 Å². The van der Waals surface area contributed by atoms with E-state index in [1.54, 1.807) is 11.0 Å². The Bertz CT molecular complexity index is 1270. The Morgan fingerprint density at radius 2 is 1.33 bits per heavy atom. The van der Waals surface area contributed by atoms with E-state index in [4.69, 9.17) is 4.74 Å². The maximum Gasteiger partial charge on any atom is 0.262 e. The summed E-state index contributed by atoms with van der Waals surface area (Å²) in [6.45, 7) is 0.637. The number of nitrogens with zero attached hydrogens (tertiary/aromatic N) is 1. The van der Waals surface area contributed by atoms with Crippen molar-refractivity contribution in [1.29, 1.82) is 0 Å². The average molecular weight is 477 g/mol. The number of carbonyl (C=O) groups is 2. The molecule has 5 heteroatoms. The quantitative estimate of drug-likeness (QED) is 0.410. The minimum absolute atomic E-state index is 0.0924. The van der Waals surface area contributed by atoms with E-state index in [2.05, 4.69) is 5.32 Å². The zero-order chi connectivity index (χ0) is 24.7. The van der Waals surface area contributed by atoms with E-state index in [1.165, 1.54) is 0 Å². The van der Waals surface area contributed by atoms with E-state index in [0.29, 0.717) is 18.0 Å². The summed E-state index contributed by atoms with van der Waals surface area (Å²) < 4.78 is 6.06. The number of carbonyl (C=O) groups excluding carboxylic acids is 2. The number of hydrogen-bond donors (Lipinski definition) is 1. The summed E-state index contributed by atoms with van der Waals surface area (Å²) in [7, 11) is 0. The minimum Gasteiger partial charge on any atom is -0.477 e. The highest BCUT2D eigenvalue weighted by Crippen LogP contribution is 2.37. The molecule has 0 bridgehead atoms. The van der Waals surface area contributed by atoms with Gasteiger partial charge in [0, 0.05) is 6.54 Å². The summed E-state index contributed by atoms with van der Waals surface area (Å²) in [6, 6.07) is 36.9. The molecule has 0 fully saturated rings. The number of rotatable bonds is 7. The van der Waals surface area contributed by atoms with Crippen molar-refractivity contribution in [2.75, 3.05) is 18.0 Å². The van der Waals surface area contributed by atoms with Crippen molar-refractivity contribution < 1.29 is 14.3 Å². The number of anilines is 1. The molecule has 36 heavy (non-hydrogen) atoms. The molecule has 1 aliphatic heterocycles. The maximum absolute atomic E-state index is 14.2. The van der Waals surface area contributed by atoms with Crippen LogP contribution in [0.1, 0.15) is 22.6 Å². The van der Waals surface area contributed by atoms with Gasteiger partial charge >= 0.3 is 0 Å². The lowest BCUT2D eigenvalue weighted by atomic mass is 9.89. The smallest absolute Gasteiger partial charge is 0.262 e. The molecule has 2 amide bonds. The third-order valence-electron chi connectivity index (χ3n) is 6.40. The fourth-order valence-corrected chi connectivity index (χ4v) is 4.59. The van der Waals surface area contributed by atoms with Crippen molar-refractivity contribution in [3.8, 4) is 5.75 Å². The van der Waals surface area contributed by atoms with Crippen LogP contribution in [0.5, 0.6) is 5.75 Å². The molecule has 1 heterocycles. The van der Waals surface area contributed by atoms with Crippen molar-refractivity contribution in [2.24, 2.45) is 0 Å². The van der Waals surface area contributed by atoms with Gasteiger partial charge in [0.25, 0.3) is 5.91 Å². The minimum atomic E-state index is -0.799. The molecule has 0 unspecified atom stereocenters. The molecule has 0 radical (unpaired) electrons. The van der Waals surface area contributed by atoms with Gasteiger partial charge in [-0.1, -0.05) is 103 Å². The second kappa shape index (κ2) is 10.9. The Hall–Kier alpha value is -4.38. The van der Waals surface area contributed by atoms with E-state index < -0.39 is 12.0 Å². The second-order valence-electron chi connectivity index (χ2n) is 8.80. The third-order valence-corrected chi connectivity index (χ3v) is 6.40. The zero-order valence-electron chi connectivity index (χ0n) is 19.9. The molecule has 0 aromatic heterocycles. The number of amides is 2. The fraction of sp³-hybridized carbons (Fsp3) is 0.161. The molecule has 5 rings (SSSR count). The van der Waals surface area contributed by atoms with Crippen LogP contribution in [0.2, 0.25) is 0 Å². The van der Waals surface area contributed by atoms with E-state index in [9.17, 15) is 9.59 Å². The molecular formula is C31H28N2O3. The Kier molecular flexibility index (Phi) is 7.08. The van der Waals surface area contributed by atoms with Crippen LogP contribution in [0.25, 0.3) is 0 Å². The standard InChI is InChI=1S/C31H28N2O3/c34-30(32-21-20-23-12-4-1-5-13-23)28-22-33(26-18-10-11-19-27(26)36-28)31(35)29(24-14-6-2-7-15-24)25-16-8-3-9-17-25/h1-19,28-29H,20-22H2,(H,32,34)/t28-/m0/s1. The first-order valence-corrected chi connectivity index (χ1v) is 12.2. The highest BCUT2D eigenvalue weighted by atomic mass is 16.5. The predicted molar refractivity (Wildman–Crippen MR) is 141 cm³/mol. The Morgan fingerprint density at radius 3 is 1.97 bits per heavy atom. The summed E-state index contributed by atoms with van der Waals surface area (Å²) in [5.41, 5.74) is 3.63. The highest BCUT2D eigenvalue weighted by molar-refractivity contribution is 6.02. The van der Waals surface area contributed by atoms with Gasteiger partial charge in [-0.05, 0) is 35.2 Å². The Morgan fingerprint density at radius 1 is 0.778 bits per heavy atom. The zero-order valence-corrected chi connectivity index (χ0v) is 19.9. The van der Waals surface area contributed by atoms with Crippen LogP contribution in [-0.4, -0.2) is 31.0 Å². The number of para-hydroxylation sites is 2. The first-order chi connectivity index (χ1) is 17.7. The van der Waals surface area contributed by atoms with E-state index in [1.807, 2.05) is 109 Å². The Labute approximate surface area is 211 Å². The highest BCUT2D eigenvalue weighted by Gasteiger charge is 2.37. The van der Waals surface area contributed by atoms with Crippen LogP contribution < -0.4 is 15.0 Å². The number of hydrogen-bond acceptors (Lipinski definition) is 3. The summed E-state index contributed by atoms with van der Waals surface area (Å²) in [5.74, 6) is -0.292. The number of ether oxygens (including phenoxy) is 1. The van der Waals surface area contributed by atoms with Crippen molar-refractivity contribution in [3.63, 3.8) is 0 Å². The van der Waals surface area contributed by atoms with Crippen molar-refractivity contribution in [1.82, 2.24) is 5.32 Å². The largest absolute Gasteiger partial charge is 0.477 e. The van der Waals surface area contributed by atoms with Gasteiger partial charge in [0.15, 0.2) is 6.10 Å².